The number of nitrogens with one attached hydrogen (secondary N) is 1. The van der Waals surface area contributed by atoms with E-state index in [9.17, 15) is 9.90 Å². The number of hydrogen-bond acceptors (Lipinski definition) is 4. The van der Waals surface area contributed by atoms with Gasteiger partial charge in [0.05, 0.1) is 18.2 Å². The van der Waals surface area contributed by atoms with Gasteiger partial charge in [0.1, 0.15) is 0 Å². The van der Waals surface area contributed by atoms with Crippen LogP contribution in [0.25, 0.3) is 11.1 Å². The number of aliphatic hydroxyl groups is 1. The highest BCUT2D eigenvalue weighted by Gasteiger charge is 2.35. The Bertz CT molecular complexity index is 786. The topological polar surface area (TPSA) is 70.4 Å². The first-order chi connectivity index (χ1) is 12.4. The van der Waals surface area contributed by atoms with Crippen LogP contribution in [0.3, 0.4) is 0 Å². The van der Waals surface area contributed by atoms with E-state index in [1.165, 1.54) is 16.7 Å². The fraction of sp³-hybridized carbons (Fsp3) is 0.500. The largest absolute Gasteiger partial charge is 0.388 e. The molecular formula is C20H28N4O2. The third-order valence-corrected chi connectivity index (χ3v) is 5.08. The van der Waals surface area contributed by atoms with Gasteiger partial charge in [-0.2, -0.15) is 5.10 Å². The average molecular weight is 356 g/mol. The molecule has 0 saturated carbocycles. The number of aromatic nitrogens is 2. The predicted molar refractivity (Wildman–Crippen MR) is 102 cm³/mol. The zero-order chi connectivity index (χ0) is 18.7. The van der Waals surface area contributed by atoms with E-state index in [1.807, 2.05) is 24.1 Å². The highest BCUT2D eigenvalue weighted by molar-refractivity contribution is 5.76. The number of aryl methyl sites for hydroxylation is 2. The molecule has 6 nitrogen and oxygen atoms in total. The van der Waals surface area contributed by atoms with E-state index in [0.29, 0.717) is 13.0 Å². The normalized spacial score (nSPS) is 20.9. The Hall–Kier alpha value is -2.18. The second-order valence-electron chi connectivity index (χ2n) is 7.45. The van der Waals surface area contributed by atoms with Gasteiger partial charge in [0.15, 0.2) is 0 Å². The fourth-order valence-corrected chi connectivity index (χ4v) is 3.77. The van der Waals surface area contributed by atoms with Crippen LogP contribution < -0.4 is 5.32 Å². The van der Waals surface area contributed by atoms with Crippen molar-refractivity contribution in [3.8, 4) is 11.1 Å². The first-order valence-corrected chi connectivity index (χ1v) is 9.12. The molecule has 0 bridgehead atoms. The number of rotatable bonds is 5. The number of hydrogen-bond donors (Lipinski definition) is 2. The SMILES string of the molecule is CNC(=O)CC1(O)CCCN(Cc2ccc(C)cc2-c2cnn(C)c2)C1. The second kappa shape index (κ2) is 7.60. The van der Waals surface area contributed by atoms with E-state index in [1.54, 1.807) is 7.05 Å². The standard InChI is InChI=1S/C20H28N4O2/c1-15-5-6-16(18(9-15)17-11-22-23(3)12-17)13-24-8-4-7-20(26,14-24)10-19(25)21-2/h5-6,9,11-12,26H,4,7-8,10,13-14H2,1-3H3,(H,21,25). The van der Waals surface area contributed by atoms with Crippen LogP contribution in [-0.4, -0.2) is 51.4 Å². The van der Waals surface area contributed by atoms with Gasteiger partial charge >= 0.3 is 0 Å². The lowest BCUT2D eigenvalue weighted by Crippen LogP contribution is -2.49. The second-order valence-corrected chi connectivity index (χ2v) is 7.45. The van der Waals surface area contributed by atoms with E-state index in [2.05, 4.69) is 40.4 Å². The molecule has 0 radical (unpaired) electrons. The number of benzene rings is 1. The van der Waals surface area contributed by atoms with Gasteiger partial charge < -0.3 is 10.4 Å². The Balaban J connectivity index is 1.79. The van der Waals surface area contributed by atoms with Crippen molar-refractivity contribution in [2.24, 2.45) is 7.05 Å². The monoisotopic (exact) mass is 356 g/mol. The lowest BCUT2D eigenvalue weighted by atomic mass is 9.88. The number of likely N-dealkylation sites (tertiary alicyclic amines) is 1. The maximum atomic E-state index is 11.7. The molecule has 140 valence electrons. The first kappa shape index (κ1) is 18.6. The molecular weight excluding hydrogens is 328 g/mol. The Morgan fingerprint density at radius 1 is 1.42 bits per heavy atom. The molecule has 3 rings (SSSR count). The van der Waals surface area contributed by atoms with Gasteiger partial charge in [-0.05, 0) is 37.4 Å². The Morgan fingerprint density at radius 3 is 2.92 bits per heavy atom. The van der Waals surface area contributed by atoms with E-state index < -0.39 is 5.60 Å². The van der Waals surface area contributed by atoms with Gasteiger partial charge in [-0.1, -0.05) is 23.8 Å². The summed E-state index contributed by atoms with van der Waals surface area (Å²) in [5, 5.41) is 17.7. The van der Waals surface area contributed by atoms with Crippen molar-refractivity contribution in [1.29, 1.82) is 0 Å². The third-order valence-electron chi connectivity index (χ3n) is 5.08. The van der Waals surface area contributed by atoms with Gasteiger partial charge in [0.2, 0.25) is 5.91 Å². The van der Waals surface area contributed by atoms with E-state index >= 15 is 0 Å². The summed E-state index contributed by atoms with van der Waals surface area (Å²) in [7, 11) is 3.53. The van der Waals surface area contributed by atoms with Crippen molar-refractivity contribution >= 4 is 5.91 Å². The van der Waals surface area contributed by atoms with Crippen molar-refractivity contribution in [2.75, 3.05) is 20.1 Å². The van der Waals surface area contributed by atoms with Crippen molar-refractivity contribution < 1.29 is 9.90 Å². The van der Waals surface area contributed by atoms with Crippen LogP contribution in [0.15, 0.2) is 30.6 Å². The number of carbonyl (C=O) groups excluding carboxylic acids is 1. The molecule has 2 heterocycles. The molecule has 1 amide bonds. The highest BCUT2D eigenvalue weighted by Crippen LogP contribution is 2.29. The first-order valence-electron chi connectivity index (χ1n) is 9.12. The van der Waals surface area contributed by atoms with Gasteiger partial charge in [-0.3, -0.25) is 14.4 Å². The van der Waals surface area contributed by atoms with E-state index in [0.717, 1.165) is 25.1 Å². The summed E-state index contributed by atoms with van der Waals surface area (Å²) in [6.45, 7) is 4.28. The molecule has 1 aromatic carbocycles. The van der Waals surface area contributed by atoms with Gasteiger partial charge in [0.25, 0.3) is 0 Å². The summed E-state index contributed by atoms with van der Waals surface area (Å²) in [6, 6.07) is 6.47. The summed E-state index contributed by atoms with van der Waals surface area (Å²) in [6.07, 6.45) is 5.62. The molecule has 1 saturated heterocycles. The molecule has 1 atom stereocenters. The molecule has 6 heteroatoms. The van der Waals surface area contributed by atoms with Crippen LogP contribution in [-0.2, 0) is 18.4 Å². The fourth-order valence-electron chi connectivity index (χ4n) is 3.77. The lowest BCUT2D eigenvalue weighted by Gasteiger charge is -2.39. The molecule has 1 fully saturated rings. The number of piperidine rings is 1. The van der Waals surface area contributed by atoms with Crippen molar-refractivity contribution in [2.45, 2.75) is 38.3 Å². The molecule has 0 aliphatic carbocycles. The van der Waals surface area contributed by atoms with Crippen molar-refractivity contribution in [3.63, 3.8) is 0 Å². The molecule has 1 aromatic heterocycles. The summed E-state index contributed by atoms with van der Waals surface area (Å²) in [4.78, 5) is 14.0. The van der Waals surface area contributed by atoms with Crippen LogP contribution in [0.4, 0.5) is 0 Å². The molecule has 0 spiro atoms. The smallest absolute Gasteiger partial charge is 0.222 e. The zero-order valence-electron chi connectivity index (χ0n) is 15.8. The molecule has 26 heavy (non-hydrogen) atoms. The summed E-state index contributed by atoms with van der Waals surface area (Å²) < 4.78 is 1.81. The minimum Gasteiger partial charge on any atom is -0.388 e. The average Bonchev–Trinajstić information content (AvgIpc) is 3.02. The van der Waals surface area contributed by atoms with Crippen molar-refractivity contribution in [3.05, 3.63) is 41.7 Å². The third kappa shape index (κ3) is 4.31. The molecule has 1 unspecified atom stereocenters. The Kier molecular flexibility index (Phi) is 5.44. The molecule has 1 aliphatic heterocycles. The zero-order valence-corrected chi connectivity index (χ0v) is 15.8. The quantitative estimate of drug-likeness (QED) is 0.858. The number of amides is 1. The summed E-state index contributed by atoms with van der Waals surface area (Å²) >= 11 is 0. The number of β-amino-alcohol motifs (C(OH)–C–C–N with tert-alkyl or cyclic N) is 1. The van der Waals surface area contributed by atoms with Gasteiger partial charge in [0, 0.05) is 38.9 Å². The molecule has 2 N–H and O–H groups in total. The van der Waals surface area contributed by atoms with Crippen LogP contribution in [0, 0.1) is 6.92 Å². The van der Waals surface area contributed by atoms with E-state index in [-0.39, 0.29) is 12.3 Å². The lowest BCUT2D eigenvalue weighted by molar-refractivity contribution is -0.128. The molecule has 2 aromatic rings. The van der Waals surface area contributed by atoms with Gasteiger partial charge in [-0.25, -0.2) is 0 Å². The maximum Gasteiger partial charge on any atom is 0.222 e. The summed E-state index contributed by atoms with van der Waals surface area (Å²) in [5.41, 5.74) is 3.76. The van der Waals surface area contributed by atoms with Crippen LogP contribution in [0.2, 0.25) is 0 Å². The summed E-state index contributed by atoms with van der Waals surface area (Å²) in [5.74, 6) is -0.110. The number of carbonyl (C=O) groups is 1. The van der Waals surface area contributed by atoms with Crippen LogP contribution in [0.1, 0.15) is 30.4 Å². The minimum absolute atomic E-state index is 0.110. The maximum absolute atomic E-state index is 11.7. The Labute approximate surface area is 154 Å². The predicted octanol–water partition coefficient (Wildman–Crippen LogP) is 1.86. The van der Waals surface area contributed by atoms with Crippen molar-refractivity contribution in [1.82, 2.24) is 20.0 Å². The van der Waals surface area contributed by atoms with Crippen LogP contribution >= 0.6 is 0 Å². The number of nitrogens with zero attached hydrogens (tertiary/aromatic N) is 3. The van der Waals surface area contributed by atoms with E-state index in [4.69, 9.17) is 0 Å². The minimum atomic E-state index is -0.947. The van der Waals surface area contributed by atoms with Crippen LogP contribution in [0.5, 0.6) is 0 Å². The Morgan fingerprint density at radius 2 is 2.23 bits per heavy atom. The highest BCUT2D eigenvalue weighted by atomic mass is 16.3. The van der Waals surface area contributed by atoms with Gasteiger partial charge in [-0.15, -0.1) is 0 Å². The molecule has 1 aliphatic rings.